The average Bonchev–Trinajstić information content (AvgIpc) is 2.15. The van der Waals surface area contributed by atoms with Gasteiger partial charge in [-0.05, 0) is 6.07 Å². The fourth-order valence-electron chi connectivity index (χ4n) is 0.992. The van der Waals surface area contributed by atoms with Gasteiger partial charge in [-0.2, -0.15) is 0 Å². The molecule has 0 radical (unpaired) electrons. The number of aromatic nitrogens is 1. The minimum Gasteiger partial charge on any atom is -0.296 e. The van der Waals surface area contributed by atoms with Gasteiger partial charge in [-0.25, -0.2) is 13.8 Å². The highest BCUT2D eigenvalue weighted by molar-refractivity contribution is 6.29. The first kappa shape index (κ1) is 11.4. The second-order valence-corrected chi connectivity index (χ2v) is 2.83. The molecule has 0 aliphatic carbocycles. The molecule has 0 aliphatic heterocycles. The number of hydrogen-bond donors (Lipinski definition) is 0. The van der Waals surface area contributed by atoms with Gasteiger partial charge in [-0.3, -0.25) is 14.9 Å². The second-order valence-electron chi connectivity index (χ2n) is 2.44. The molecule has 1 aromatic heterocycles. The van der Waals surface area contributed by atoms with Crippen molar-refractivity contribution in [3.63, 3.8) is 0 Å². The Morgan fingerprint density at radius 3 is 2.60 bits per heavy atom. The zero-order chi connectivity index (χ0) is 11.6. The number of rotatable bonds is 3. The number of aldehydes is 1. The Hall–Kier alpha value is -1.63. The quantitative estimate of drug-likeness (QED) is 0.350. The maximum absolute atomic E-state index is 12.4. The molecule has 1 aromatic rings. The number of nitrogens with zero attached hydrogens (tertiary/aromatic N) is 2. The van der Waals surface area contributed by atoms with Gasteiger partial charge in [-0.1, -0.05) is 11.6 Å². The summed E-state index contributed by atoms with van der Waals surface area (Å²) in [5.41, 5.74) is -2.63. The van der Waals surface area contributed by atoms with Gasteiger partial charge in [0.15, 0.2) is 12.0 Å². The Kier molecular flexibility index (Phi) is 3.25. The highest BCUT2D eigenvalue weighted by Gasteiger charge is 2.27. The summed E-state index contributed by atoms with van der Waals surface area (Å²) in [6.07, 6.45) is -3.08. The number of hydrogen-bond acceptors (Lipinski definition) is 4. The maximum Gasteiger partial charge on any atom is 0.307 e. The predicted molar refractivity (Wildman–Crippen MR) is 46.2 cm³/mol. The van der Waals surface area contributed by atoms with Crippen LogP contribution in [0.15, 0.2) is 6.07 Å². The van der Waals surface area contributed by atoms with Gasteiger partial charge in [0.2, 0.25) is 0 Å². The SMILES string of the molecule is O=Cc1nc(Cl)cc(C(F)F)c1[N+](=O)[O-]. The molecule has 0 aliphatic rings. The molecule has 0 saturated heterocycles. The fraction of sp³-hybridized carbons (Fsp3) is 0.143. The van der Waals surface area contributed by atoms with Gasteiger partial charge in [0.05, 0.1) is 4.92 Å². The Balaban J connectivity index is 3.54. The molecule has 0 bridgehead atoms. The molecule has 0 atom stereocenters. The van der Waals surface area contributed by atoms with Crippen LogP contribution in [-0.4, -0.2) is 16.2 Å². The summed E-state index contributed by atoms with van der Waals surface area (Å²) < 4.78 is 24.8. The summed E-state index contributed by atoms with van der Waals surface area (Å²) in [5.74, 6) is 0. The zero-order valence-electron chi connectivity index (χ0n) is 6.99. The third-order valence-electron chi connectivity index (χ3n) is 1.55. The second kappa shape index (κ2) is 4.26. The van der Waals surface area contributed by atoms with Crippen LogP contribution in [0.4, 0.5) is 14.5 Å². The van der Waals surface area contributed by atoms with Gasteiger partial charge < -0.3 is 0 Å². The van der Waals surface area contributed by atoms with Crippen LogP contribution in [0.5, 0.6) is 0 Å². The monoisotopic (exact) mass is 236 g/mol. The van der Waals surface area contributed by atoms with Crippen LogP contribution in [0.25, 0.3) is 0 Å². The van der Waals surface area contributed by atoms with Crippen molar-refractivity contribution in [2.75, 3.05) is 0 Å². The van der Waals surface area contributed by atoms with E-state index in [-0.39, 0.29) is 6.29 Å². The molecule has 0 aromatic carbocycles. The Morgan fingerprint density at radius 2 is 2.20 bits per heavy atom. The third-order valence-corrected chi connectivity index (χ3v) is 1.74. The van der Waals surface area contributed by atoms with Crippen molar-refractivity contribution in [1.82, 2.24) is 4.98 Å². The highest BCUT2D eigenvalue weighted by atomic mass is 35.5. The Labute approximate surface area is 86.8 Å². The highest BCUT2D eigenvalue weighted by Crippen LogP contribution is 2.32. The number of halogens is 3. The van der Waals surface area contributed by atoms with Gasteiger partial charge in [0.25, 0.3) is 6.43 Å². The first-order valence-electron chi connectivity index (χ1n) is 3.55. The smallest absolute Gasteiger partial charge is 0.296 e. The van der Waals surface area contributed by atoms with Crippen LogP contribution in [0.1, 0.15) is 22.5 Å². The minimum absolute atomic E-state index is 0.00981. The summed E-state index contributed by atoms with van der Waals surface area (Å²) in [4.78, 5) is 23.0. The van der Waals surface area contributed by atoms with Crippen LogP contribution in [0.3, 0.4) is 0 Å². The van der Waals surface area contributed by atoms with E-state index in [0.717, 1.165) is 0 Å². The molecule has 1 heterocycles. The number of nitro groups is 1. The molecule has 0 N–H and O–H groups in total. The van der Waals surface area contributed by atoms with Crippen molar-refractivity contribution in [2.45, 2.75) is 6.43 Å². The van der Waals surface area contributed by atoms with E-state index < -0.39 is 33.4 Å². The van der Waals surface area contributed by atoms with Gasteiger partial charge >= 0.3 is 5.69 Å². The molecule has 0 saturated carbocycles. The first-order valence-corrected chi connectivity index (χ1v) is 3.93. The Morgan fingerprint density at radius 1 is 1.60 bits per heavy atom. The topological polar surface area (TPSA) is 73.1 Å². The molecule has 0 fully saturated rings. The van der Waals surface area contributed by atoms with Crippen molar-refractivity contribution in [3.8, 4) is 0 Å². The zero-order valence-corrected chi connectivity index (χ0v) is 7.74. The molecule has 0 spiro atoms. The minimum atomic E-state index is -3.09. The van der Waals surface area contributed by atoms with E-state index in [2.05, 4.69) is 4.98 Å². The lowest BCUT2D eigenvalue weighted by Crippen LogP contribution is -2.03. The van der Waals surface area contributed by atoms with Crippen molar-refractivity contribution in [3.05, 3.63) is 32.6 Å². The molecule has 1 rings (SSSR count). The van der Waals surface area contributed by atoms with E-state index in [9.17, 15) is 23.7 Å². The first-order chi connectivity index (χ1) is 6.97. The van der Waals surface area contributed by atoms with Crippen molar-refractivity contribution < 1.29 is 18.5 Å². The number of carbonyl (C=O) groups is 1. The van der Waals surface area contributed by atoms with Crippen molar-refractivity contribution in [2.24, 2.45) is 0 Å². The van der Waals surface area contributed by atoms with Crippen LogP contribution < -0.4 is 0 Å². The third kappa shape index (κ3) is 2.24. The maximum atomic E-state index is 12.4. The normalized spacial score (nSPS) is 10.4. The lowest BCUT2D eigenvalue weighted by Gasteiger charge is -2.03. The van der Waals surface area contributed by atoms with Crippen LogP contribution in [0, 0.1) is 10.1 Å². The van der Waals surface area contributed by atoms with E-state index in [0.29, 0.717) is 6.07 Å². The lowest BCUT2D eigenvalue weighted by molar-refractivity contribution is -0.386. The summed E-state index contributed by atoms with van der Waals surface area (Å²) in [6, 6.07) is 0.664. The molecule has 8 heteroatoms. The molecule has 0 unspecified atom stereocenters. The predicted octanol–water partition coefficient (Wildman–Crippen LogP) is 2.39. The van der Waals surface area contributed by atoms with Crippen molar-refractivity contribution in [1.29, 1.82) is 0 Å². The van der Waals surface area contributed by atoms with Crippen LogP contribution in [0.2, 0.25) is 5.15 Å². The molecule has 80 valence electrons. The van der Waals surface area contributed by atoms with E-state index in [1.165, 1.54) is 0 Å². The van der Waals surface area contributed by atoms with Crippen molar-refractivity contribution >= 4 is 23.6 Å². The van der Waals surface area contributed by atoms with E-state index in [1.807, 2.05) is 0 Å². The summed E-state index contributed by atoms with van der Waals surface area (Å²) in [6.45, 7) is 0. The Bertz CT molecular complexity index is 425. The summed E-state index contributed by atoms with van der Waals surface area (Å²) >= 11 is 5.32. The van der Waals surface area contributed by atoms with E-state index in [1.54, 1.807) is 0 Å². The molecular weight excluding hydrogens is 234 g/mol. The summed E-state index contributed by atoms with van der Waals surface area (Å²) in [5, 5.41) is 10.1. The van der Waals surface area contributed by atoms with Crippen LogP contribution in [-0.2, 0) is 0 Å². The van der Waals surface area contributed by atoms with Gasteiger partial charge in [-0.15, -0.1) is 0 Å². The number of alkyl halides is 2. The molecule has 0 amide bonds. The number of carbonyl (C=O) groups excluding carboxylic acids is 1. The van der Waals surface area contributed by atoms with Crippen LogP contribution >= 0.6 is 11.6 Å². The lowest BCUT2D eigenvalue weighted by atomic mass is 10.2. The number of pyridine rings is 1. The standard InChI is InChI=1S/C7H3ClF2N2O3/c8-5-1-3(7(9)10)6(12(14)15)4(2-13)11-5/h1-2,7H. The largest absolute Gasteiger partial charge is 0.307 e. The van der Waals surface area contributed by atoms with E-state index >= 15 is 0 Å². The van der Waals surface area contributed by atoms with Gasteiger partial charge in [0.1, 0.15) is 10.7 Å². The average molecular weight is 237 g/mol. The molecule has 5 nitrogen and oxygen atoms in total. The van der Waals surface area contributed by atoms with E-state index in [4.69, 9.17) is 11.6 Å². The molecular formula is C7H3ClF2N2O3. The molecule has 15 heavy (non-hydrogen) atoms. The summed E-state index contributed by atoms with van der Waals surface area (Å²) in [7, 11) is 0. The fourth-order valence-corrected chi connectivity index (χ4v) is 1.20. The van der Waals surface area contributed by atoms with Gasteiger partial charge in [0, 0.05) is 0 Å².